The van der Waals surface area contributed by atoms with E-state index >= 15 is 0 Å². The van der Waals surface area contributed by atoms with Gasteiger partial charge in [-0.15, -0.1) is 0 Å². The molecule has 0 aliphatic carbocycles. The van der Waals surface area contributed by atoms with Crippen LogP contribution in [0.15, 0.2) is 18.2 Å². The number of ether oxygens (including phenoxy) is 1. The first kappa shape index (κ1) is 15.8. The van der Waals surface area contributed by atoms with Crippen molar-refractivity contribution in [2.24, 2.45) is 5.41 Å². The molecule has 21 heavy (non-hydrogen) atoms. The van der Waals surface area contributed by atoms with E-state index in [2.05, 4.69) is 10.6 Å². The second-order valence-electron chi connectivity index (χ2n) is 5.93. The van der Waals surface area contributed by atoms with Gasteiger partial charge in [-0.25, -0.2) is 4.39 Å². The van der Waals surface area contributed by atoms with Crippen molar-refractivity contribution in [1.29, 1.82) is 0 Å². The topological polar surface area (TPSA) is 50.4 Å². The Morgan fingerprint density at radius 1 is 1.52 bits per heavy atom. The second kappa shape index (κ2) is 6.43. The first-order valence-electron chi connectivity index (χ1n) is 7.31. The predicted octanol–water partition coefficient (Wildman–Crippen LogP) is 2.40. The van der Waals surface area contributed by atoms with Gasteiger partial charge in [-0.05, 0) is 50.9 Å². The Morgan fingerprint density at radius 3 is 2.90 bits per heavy atom. The van der Waals surface area contributed by atoms with Gasteiger partial charge >= 0.3 is 0 Å². The summed E-state index contributed by atoms with van der Waals surface area (Å²) in [7, 11) is 1.43. The summed E-state index contributed by atoms with van der Waals surface area (Å²) in [6, 6.07) is 4.47. The van der Waals surface area contributed by atoms with E-state index in [9.17, 15) is 9.18 Å². The minimum absolute atomic E-state index is 0.0329. The minimum atomic E-state index is -0.400. The van der Waals surface area contributed by atoms with Crippen molar-refractivity contribution < 1.29 is 13.9 Å². The second-order valence-corrected chi connectivity index (χ2v) is 5.93. The number of halogens is 1. The molecule has 1 amide bonds. The van der Waals surface area contributed by atoms with Crippen LogP contribution in [0.1, 0.15) is 38.3 Å². The summed E-state index contributed by atoms with van der Waals surface area (Å²) in [5.41, 5.74) is 0.449. The number of carbonyl (C=O) groups excluding carboxylic acids is 1. The third-order valence-electron chi connectivity index (χ3n) is 4.17. The van der Waals surface area contributed by atoms with Crippen LogP contribution >= 0.6 is 0 Å². The van der Waals surface area contributed by atoms with E-state index in [1.165, 1.54) is 13.2 Å². The van der Waals surface area contributed by atoms with E-state index in [1.807, 2.05) is 13.8 Å². The van der Waals surface area contributed by atoms with Crippen molar-refractivity contribution in [2.75, 3.05) is 20.2 Å². The summed E-state index contributed by atoms with van der Waals surface area (Å²) in [5.74, 6) is -0.173. The lowest BCUT2D eigenvalue weighted by Gasteiger charge is -2.33. The van der Waals surface area contributed by atoms with E-state index in [0.29, 0.717) is 6.54 Å². The Balaban J connectivity index is 2.06. The molecule has 4 nitrogen and oxygen atoms in total. The minimum Gasteiger partial charge on any atom is -0.494 e. The van der Waals surface area contributed by atoms with Gasteiger partial charge in [-0.2, -0.15) is 0 Å². The van der Waals surface area contributed by atoms with E-state index < -0.39 is 5.82 Å². The molecule has 0 saturated carbocycles. The average Bonchev–Trinajstić information content (AvgIpc) is 2.48. The molecule has 0 radical (unpaired) electrons. The lowest BCUT2D eigenvalue weighted by Crippen LogP contribution is -2.49. The van der Waals surface area contributed by atoms with E-state index in [0.717, 1.165) is 24.9 Å². The zero-order chi connectivity index (χ0) is 15.5. The smallest absolute Gasteiger partial charge is 0.227 e. The van der Waals surface area contributed by atoms with E-state index in [4.69, 9.17) is 4.74 Å². The van der Waals surface area contributed by atoms with Crippen molar-refractivity contribution in [2.45, 2.75) is 32.7 Å². The molecule has 1 aliphatic rings. The largest absolute Gasteiger partial charge is 0.494 e. The van der Waals surface area contributed by atoms with Gasteiger partial charge in [0.25, 0.3) is 0 Å². The maximum Gasteiger partial charge on any atom is 0.227 e. The highest BCUT2D eigenvalue weighted by molar-refractivity contribution is 5.83. The first-order chi connectivity index (χ1) is 9.96. The molecule has 1 aliphatic heterocycles. The maximum atomic E-state index is 13.4. The Bertz CT molecular complexity index is 513. The molecule has 0 unspecified atom stereocenters. The Labute approximate surface area is 125 Å². The molecule has 2 rings (SSSR count). The fourth-order valence-electron chi connectivity index (χ4n) is 2.65. The predicted molar refractivity (Wildman–Crippen MR) is 79.7 cm³/mol. The average molecular weight is 294 g/mol. The van der Waals surface area contributed by atoms with E-state index in [1.54, 1.807) is 12.1 Å². The lowest BCUT2D eigenvalue weighted by molar-refractivity contribution is -0.131. The summed E-state index contributed by atoms with van der Waals surface area (Å²) in [6.07, 6.45) is 1.88. The van der Waals surface area contributed by atoms with Gasteiger partial charge in [0.15, 0.2) is 11.6 Å². The number of rotatable bonds is 4. The molecule has 1 fully saturated rings. The molecular weight excluding hydrogens is 271 g/mol. The van der Waals surface area contributed by atoms with Crippen LogP contribution < -0.4 is 15.4 Å². The summed E-state index contributed by atoms with van der Waals surface area (Å²) in [4.78, 5) is 12.5. The number of piperidine rings is 1. The molecule has 2 N–H and O–H groups in total. The zero-order valence-corrected chi connectivity index (χ0v) is 12.8. The lowest BCUT2D eigenvalue weighted by atomic mass is 9.81. The Kier molecular flexibility index (Phi) is 4.83. The van der Waals surface area contributed by atoms with Gasteiger partial charge in [0.2, 0.25) is 5.91 Å². The fourth-order valence-corrected chi connectivity index (χ4v) is 2.65. The molecule has 0 aromatic heterocycles. The first-order valence-corrected chi connectivity index (χ1v) is 7.31. The molecule has 2 atom stereocenters. The number of hydrogen-bond donors (Lipinski definition) is 2. The van der Waals surface area contributed by atoms with Gasteiger partial charge in [-0.3, -0.25) is 4.79 Å². The number of nitrogens with one attached hydrogen (secondary N) is 2. The monoisotopic (exact) mass is 294 g/mol. The molecule has 1 heterocycles. The van der Waals surface area contributed by atoms with Crippen LogP contribution in [0.5, 0.6) is 5.75 Å². The SMILES string of the molecule is COc1cc([C@H](C)NC(=O)[C@@]2(C)CCCNC2)ccc1F. The van der Waals surface area contributed by atoms with Crippen LogP contribution in [-0.2, 0) is 4.79 Å². The quantitative estimate of drug-likeness (QED) is 0.896. The van der Waals surface area contributed by atoms with Crippen LogP contribution in [0, 0.1) is 11.2 Å². The van der Waals surface area contributed by atoms with Gasteiger partial charge in [0, 0.05) is 6.54 Å². The van der Waals surface area contributed by atoms with Crippen molar-refractivity contribution in [1.82, 2.24) is 10.6 Å². The molecule has 1 aromatic rings. The number of amides is 1. The van der Waals surface area contributed by atoms with Crippen LogP contribution in [0.3, 0.4) is 0 Å². The molecule has 0 bridgehead atoms. The van der Waals surface area contributed by atoms with Gasteiger partial charge in [0.05, 0.1) is 18.6 Å². The van der Waals surface area contributed by atoms with Gasteiger partial charge in [-0.1, -0.05) is 6.07 Å². The number of carbonyl (C=O) groups is 1. The summed E-state index contributed by atoms with van der Waals surface area (Å²) in [6.45, 7) is 5.53. The standard InChI is InChI=1S/C16H23FN2O2/c1-11(12-5-6-13(17)14(9-12)21-3)19-15(20)16(2)7-4-8-18-10-16/h5-6,9,11,18H,4,7-8,10H2,1-3H3,(H,19,20)/t11-,16-/m0/s1. The summed E-state index contributed by atoms with van der Waals surface area (Å²) in [5, 5.41) is 6.28. The fraction of sp³-hybridized carbons (Fsp3) is 0.562. The molecule has 0 spiro atoms. The molecule has 116 valence electrons. The van der Waals surface area contributed by atoms with Gasteiger partial charge in [0.1, 0.15) is 0 Å². The van der Waals surface area contributed by atoms with Crippen molar-refractivity contribution in [3.63, 3.8) is 0 Å². The highest BCUT2D eigenvalue weighted by Gasteiger charge is 2.35. The number of benzene rings is 1. The van der Waals surface area contributed by atoms with Gasteiger partial charge < -0.3 is 15.4 Å². The van der Waals surface area contributed by atoms with Crippen LogP contribution in [0.25, 0.3) is 0 Å². The molecule has 1 aromatic carbocycles. The zero-order valence-electron chi connectivity index (χ0n) is 12.8. The van der Waals surface area contributed by atoms with Crippen molar-refractivity contribution >= 4 is 5.91 Å². The highest BCUT2D eigenvalue weighted by atomic mass is 19.1. The summed E-state index contributed by atoms with van der Waals surface area (Å²) < 4.78 is 18.4. The Morgan fingerprint density at radius 2 is 2.29 bits per heavy atom. The number of hydrogen-bond acceptors (Lipinski definition) is 3. The maximum absolute atomic E-state index is 13.4. The van der Waals surface area contributed by atoms with Crippen LogP contribution in [0.2, 0.25) is 0 Å². The van der Waals surface area contributed by atoms with Crippen LogP contribution in [0.4, 0.5) is 4.39 Å². The van der Waals surface area contributed by atoms with E-state index in [-0.39, 0.29) is 23.1 Å². The highest BCUT2D eigenvalue weighted by Crippen LogP contribution is 2.28. The molecule has 1 saturated heterocycles. The number of methoxy groups -OCH3 is 1. The van der Waals surface area contributed by atoms with Crippen molar-refractivity contribution in [3.05, 3.63) is 29.6 Å². The molecular formula is C16H23FN2O2. The normalized spacial score (nSPS) is 23.4. The third-order valence-corrected chi connectivity index (χ3v) is 4.17. The Hall–Kier alpha value is -1.62. The van der Waals surface area contributed by atoms with Crippen LogP contribution in [-0.4, -0.2) is 26.1 Å². The summed E-state index contributed by atoms with van der Waals surface area (Å²) >= 11 is 0. The third kappa shape index (κ3) is 3.53. The molecule has 5 heteroatoms. The van der Waals surface area contributed by atoms with Crippen molar-refractivity contribution in [3.8, 4) is 5.75 Å².